The third-order valence-corrected chi connectivity index (χ3v) is 2.83. The van der Waals surface area contributed by atoms with Crippen molar-refractivity contribution in [2.45, 2.75) is 31.5 Å². The molecule has 0 bridgehead atoms. The molecule has 18 heavy (non-hydrogen) atoms. The van der Waals surface area contributed by atoms with Crippen LogP contribution in [0.1, 0.15) is 11.8 Å². The number of nitrogens with zero attached hydrogens (tertiary/aromatic N) is 1. The molecule has 2 heterocycles. The minimum Gasteiger partial charge on any atom is -0.387 e. The summed E-state index contributed by atoms with van der Waals surface area (Å²) >= 11 is 0. The van der Waals surface area contributed by atoms with Crippen LogP contribution >= 0.6 is 0 Å². The summed E-state index contributed by atoms with van der Waals surface area (Å²) < 4.78 is 6.01. The Morgan fingerprint density at radius 2 is 2.06 bits per heavy atom. The van der Waals surface area contributed by atoms with E-state index in [1.54, 1.807) is 0 Å². The average molecular weight is 256 g/mol. The van der Waals surface area contributed by atoms with Gasteiger partial charge in [0.15, 0.2) is 12.5 Å². The number of aldehydes is 1. The molecule has 4 atom stereocenters. The van der Waals surface area contributed by atoms with Crippen LogP contribution in [0.5, 0.6) is 0 Å². The fourth-order valence-electron chi connectivity index (χ4n) is 1.80. The predicted molar refractivity (Wildman–Crippen MR) is 58.0 cm³/mol. The second-order valence-corrected chi connectivity index (χ2v) is 4.09. The second kappa shape index (κ2) is 4.48. The van der Waals surface area contributed by atoms with Crippen molar-refractivity contribution in [1.29, 1.82) is 0 Å². The third kappa shape index (κ3) is 1.90. The lowest BCUT2D eigenvalue weighted by Crippen LogP contribution is -2.38. The number of hydrogen-bond donors (Lipinski definition) is 3. The molecule has 1 aromatic rings. The van der Waals surface area contributed by atoms with Gasteiger partial charge in [-0.3, -0.25) is 14.3 Å². The standard InChI is InChI=1S/C10H12N2O6/c1-4-2-12(10(17)11-8(4)16)9-7(15)6(14)5(3-13)18-9/h2-3,5-7,9,14-15H,1H3,(H,11,16,17)/t5?,6?,7?,9-/m1/s1. The van der Waals surface area contributed by atoms with E-state index in [0.717, 1.165) is 4.57 Å². The van der Waals surface area contributed by atoms with E-state index >= 15 is 0 Å². The fourth-order valence-corrected chi connectivity index (χ4v) is 1.80. The molecular weight excluding hydrogens is 244 g/mol. The van der Waals surface area contributed by atoms with Crippen LogP contribution < -0.4 is 11.2 Å². The Kier molecular flexibility index (Phi) is 3.16. The molecule has 0 radical (unpaired) electrons. The maximum absolute atomic E-state index is 11.6. The van der Waals surface area contributed by atoms with Crippen LogP contribution in [0.25, 0.3) is 0 Å². The van der Waals surface area contributed by atoms with Crippen LogP contribution in [0.4, 0.5) is 0 Å². The molecule has 1 aromatic heterocycles. The van der Waals surface area contributed by atoms with Gasteiger partial charge < -0.3 is 19.7 Å². The molecular formula is C10H12N2O6. The predicted octanol–water partition coefficient (Wildman–Crippen LogP) is -2.34. The second-order valence-electron chi connectivity index (χ2n) is 4.09. The Morgan fingerprint density at radius 1 is 1.39 bits per heavy atom. The SMILES string of the molecule is Cc1cn([C@@H]2OC(C=O)C(O)C2O)c(=O)[nH]c1=O. The van der Waals surface area contributed by atoms with Gasteiger partial charge in [-0.2, -0.15) is 0 Å². The van der Waals surface area contributed by atoms with Gasteiger partial charge in [0.2, 0.25) is 0 Å². The van der Waals surface area contributed by atoms with E-state index < -0.39 is 35.8 Å². The number of H-pyrrole nitrogens is 1. The van der Waals surface area contributed by atoms with Crippen molar-refractivity contribution < 1.29 is 19.7 Å². The summed E-state index contributed by atoms with van der Waals surface area (Å²) in [6, 6.07) is 0. The van der Waals surface area contributed by atoms with Crippen molar-refractivity contribution in [1.82, 2.24) is 9.55 Å². The van der Waals surface area contributed by atoms with Crippen molar-refractivity contribution in [3.63, 3.8) is 0 Å². The van der Waals surface area contributed by atoms with E-state index in [0.29, 0.717) is 6.29 Å². The zero-order valence-electron chi connectivity index (χ0n) is 9.44. The summed E-state index contributed by atoms with van der Waals surface area (Å²) in [7, 11) is 0. The van der Waals surface area contributed by atoms with Gasteiger partial charge in [0.25, 0.3) is 5.56 Å². The number of ether oxygens (including phenoxy) is 1. The Balaban J connectivity index is 2.45. The smallest absolute Gasteiger partial charge is 0.330 e. The van der Waals surface area contributed by atoms with E-state index in [2.05, 4.69) is 0 Å². The molecule has 1 aliphatic rings. The first-order valence-electron chi connectivity index (χ1n) is 5.24. The molecule has 0 spiro atoms. The minimum atomic E-state index is -1.43. The van der Waals surface area contributed by atoms with Crippen LogP contribution in [0.2, 0.25) is 0 Å². The quantitative estimate of drug-likeness (QED) is 0.510. The first kappa shape index (κ1) is 12.7. The average Bonchev–Trinajstić information content (AvgIpc) is 2.61. The molecule has 8 nitrogen and oxygen atoms in total. The zero-order chi connectivity index (χ0) is 13.4. The summed E-state index contributed by atoms with van der Waals surface area (Å²) in [4.78, 5) is 35.4. The number of aromatic nitrogens is 2. The van der Waals surface area contributed by atoms with Gasteiger partial charge in [0, 0.05) is 11.8 Å². The number of aliphatic hydroxyl groups is 2. The molecule has 8 heteroatoms. The van der Waals surface area contributed by atoms with Gasteiger partial charge in [-0.15, -0.1) is 0 Å². The largest absolute Gasteiger partial charge is 0.387 e. The molecule has 1 fully saturated rings. The van der Waals surface area contributed by atoms with Gasteiger partial charge in [-0.05, 0) is 6.92 Å². The number of aromatic amines is 1. The maximum Gasteiger partial charge on any atom is 0.330 e. The van der Waals surface area contributed by atoms with Crippen molar-refractivity contribution in [3.05, 3.63) is 32.6 Å². The Morgan fingerprint density at radius 3 is 2.61 bits per heavy atom. The monoisotopic (exact) mass is 256 g/mol. The van der Waals surface area contributed by atoms with Crippen molar-refractivity contribution in [2.24, 2.45) is 0 Å². The number of hydrogen-bond acceptors (Lipinski definition) is 6. The lowest BCUT2D eigenvalue weighted by Gasteiger charge is -2.17. The summed E-state index contributed by atoms with van der Waals surface area (Å²) in [5.41, 5.74) is -1.08. The molecule has 2 rings (SSSR count). The van der Waals surface area contributed by atoms with Crippen LogP contribution in [0, 0.1) is 6.92 Å². The molecule has 0 aliphatic carbocycles. The van der Waals surface area contributed by atoms with E-state index in [1.807, 2.05) is 4.98 Å². The van der Waals surface area contributed by atoms with Crippen molar-refractivity contribution in [2.75, 3.05) is 0 Å². The highest BCUT2D eigenvalue weighted by Crippen LogP contribution is 2.27. The van der Waals surface area contributed by atoms with Crippen LogP contribution in [-0.2, 0) is 9.53 Å². The lowest BCUT2D eigenvalue weighted by atomic mass is 10.1. The van der Waals surface area contributed by atoms with Crippen LogP contribution in [0.15, 0.2) is 15.8 Å². The molecule has 3 unspecified atom stereocenters. The lowest BCUT2D eigenvalue weighted by molar-refractivity contribution is -0.122. The van der Waals surface area contributed by atoms with Gasteiger partial charge in [-0.25, -0.2) is 4.79 Å². The Bertz CT molecular complexity index is 576. The molecule has 0 saturated carbocycles. The topological polar surface area (TPSA) is 122 Å². The summed E-state index contributed by atoms with van der Waals surface area (Å²) in [6.45, 7) is 1.48. The molecule has 1 saturated heterocycles. The Labute approximate surface area is 100 Å². The first-order chi connectivity index (χ1) is 8.45. The van der Waals surface area contributed by atoms with Crippen LogP contribution in [-0.4, -0.2) is 44.4 Å². The first-order valence-corrected chi connectivity index (χ1v) is 5.24. The summed E-state index contributed by atoms with van der Waals surface area (Å²) in [6.07, 6.45) is -3.70. The van der Waals surface area contributed by atoms with Crippen molar-refractivity contribution >= 4 is 6.29 Å². The zero-order valence-corrected chi connectivity index (χ0v) is 9.44. The fraction of sp³-hybridized carbons (Fsp3) is 0.500. The van der Waals surface area contributed by atoms with Gasteiger partial charge in [0.1, 0.15) is 18.3 Å². The number of aryl methyl sites for hydroxylation is 1. The molecule has 3 N–H and O–H groups in total. The molecule has 1 aliphatic heterocycles. The van der Waals surface area contributed by atoms with Gasteiger partial charge >= 0.3 is 5.69 Å². The number of nitrogens with one attached hydrogen (secondary N) is 1. The van der Waals surface area contributed by atoms with Gasteiger partial charge in [-0.1, -0.05) is 0 Å². The molecule has 98 valence electrons. The number of rotatable bonds is 2. The maximum atomic E-state index is 11.6. The van der Waals surface area contributed by atoms with Gasteiger partial charge in [0.05, 0.1) is 0 Å². The highest BCUT2D eigenvalue weighted by atomic mass is 16.6. The minimum absolute atomic E-state index is 0.245. The summed E-state index contributed by atoms with van der Waals surface area (Å²) in [5.74, 6) is 0. The highest BCUT2D eigenvalue weighted by molar-refractivity contribution is 5.58. The number of aliphatic hydroxyl groups excluding tert-OH is 2. The Hall–Kier alpha value is -1.77. The normalized spacial score (nSPS) is 31.5. The number of carbonyl (C=O) groups is 1. The highest BCUT2D eigenvalue weighted by Gasteiger charge is 2.44. The van der Waals surface area contributed by atoms with Crippen molar-refractivity contribution in [3.8, 4) is 0 Å². The van der Waals surface area contributed by atoms with E-state index in [1.165, 1.54) is 13.1 Å². The molecule has 0 aromatic carbocycles. The van der Waals surface area contributed by atoms with Crippen LogP contribution in [0.3, 0.4) is 0 Å². The number of carbonyl (C=O) groups excluding carboxylic acids is 1. The molecule has 0 amide bonds. The summed E-state index contributed by atoms with van der Waals surface area (Å²) in [5, 5.41) is 19.2. The van der Waals surface area contributed by atoms with E-state index in [4.69, 9.17) is 4.74 Å². The van der Waals surface area contributed by atoms with E-state index in [9.17, 15) is 24.6 Å². The third-order valence-electron chi connectivity index (χ3n) is 2.83. The van der Waals surface area contributed by atoms with E-state index in [-0.39, 0.29) is 5.56 Å².